The number of amides is 1. The van der Waals surface area contributed by atoms with E-state index in [-0.39, 0.29) is 23.0 Å². The minimum atomic E-state index is -4.84. The van der Waals surface area contributed by atoms with E-state index in [0.29, 0.717) is 5.02 Å². The van der Waals surface area contributed by atoms with Crippen LogP contribution >= 0.6 is 23.2 Å². The molecule has 1 unspecified atom stereocenters. The molecule has 0 saturated carbocycles. The van der Waals surface area contributed by atoms with E-state index in [2.05, 4.69) is 16.6 Å². The Labute approximate surface area is 176 Å². The van der Waals surface area contributed by atoms with Crippen LogP contribution in [0.5, 0.6) is 5.75 Å². The van der Waals surface area contributed by atoms with Crippen LogP contribution in [0.1, 0.15) is 13.8 Å². The summed E-state index contributed by atoms with van der Waals surface area (Å²) in [6.07, 6.45) is -1.69. The smallest absolute Gasteiger partial charge is 0.488 e. The maximum Gasteiger partial charge on any atom is 0.572 e. The molecule has 1 rings (SSSR count). The fourth-order valence-electron chi connectivity index (χ4n) is 1.89. The number of alkyl halides is 3. The van der Waals surface area contributed by atoms with Crippen molar-refractivity contribution in [3.63, 3.8) is 0 Å². The van der Waals surface area contributed by atoms with Crippen LogP contribution in [0.25, 0.3) is 0 Å². The molecule has 10 heteroatoms. The first-order valence-corrected chi connectivity index (χ1v) is 8.73. The summed E-state index contributed by atoms with van der Waals surface area (Å²) in [5.41, 5.74) is -1.57. The second-order valence-corrected chi connectivity index (χ2v) is 6.76. The minimum absolute atomic E-state index is 0.0858. The first kappa shape index (κ1) is 24.4. The van der Waals surface area contributed by atoms with Crippen molar-refractivity contribution in [1.29, 1.82) is 5.26 Å². The number of hydrogen-bond donors (Lipinski definition) is 1. The molecule has 156 valence electrons. The molecule has 0 aliphatic rings. The van der Waals surface area contributed by atoms with Crippen LogP contribution in [0.3, 0.4) is 0 Å². The van der Waals surface area contributed by atoms with Gasteiger partial charge in [-0.2, -0.15) is 5.26 Å². The molecular formula is C19H17Cl2F3N2O3. The van der Waals surface area contributed by atoms with E-state index in [1.807, 2.05) is 6.07 Å². The quantitative estimate of drug-likeness (QED) is 0.331. The summed E-state index contributed by atoms with van der Waals surface area (Å²) in [5.74, 6) is -1.01. The molecular weight excluding hydrogens is 432 g/mol. The Balaban J connectivity index is 2.89. The average Bonchev–Trinajstić information content (AvgIpc) is 2.61. The number of halogens is 5. The summed E-state index contributed by atoms with van der Waals surface area (Å²) in [5, 5.41) is 12.5. The van der Waals surface area contributed by atoms with Gasteiger partial charge >= 0.3 is 6.36 Å². The van der Waals surface area contributed by atoms with Crippen LogP contribution in [-0.2, 0) is 9.53 Å². The largest absolute Gasteiger partial charge is 0.572 e. The van der Waals surface area contributed by atoms with Gasteiger partial charge in [0.15, 0.2) is 5.54 Å². The predicted molar refractivity (Wildman–Crippen MR) is 103 cm³/mol. The fraction of sp³-hybridized carbons (Fsp3) is 0.263. The molecule has 0 bridgehead atoms. The zero-order valence-corrected chi connectivity index (χ0v) is 17.0. The normalized spacial score (nSPS) is 14.4. The molecule has 0 aliphatic carbocycles. The van der Waals surface area contributed by atoms with Crippen molar-refractivity contribution in [2.24, 2.45) is 0 Å². The SMILES string of the molecule is C=C/C(=C\C=C(/C)OC(F)(F)F)C(=O)NC(C)(C#N)COc1cc(Cl)ccc1Cl. The lowest BCUT2D eigenvalue weighted by atomic mass is 10.0. The Hall–Kier alpha value is -2.63. The maximum absolute atomic E-state index is 12.4. The Morgan fingerprint density at radius 3 is 2.55 bits per heavy atom. The second kappa shape index (κ2) is 10.2. The summed E-state index contributed by atoms with van der Waals surface area (Å²) in [4.78, 5) is 12.4. The van der Waals surface area contributed by atoms with E-state index < -0.39 is 23.6 Å². The van der Waals surface area contributed by atoms with Crippen molar-refractivity contribution < 1.29 is 27.4 Å². The molecule has 0 saturated heterocycles. The van der Waals surface area contributed by atoms with Gasteiger partial charge in [-0.25, -0.2) is 0 Å². The van der Waals surface area contributed by atoms with Crippen molar-refractivity contribution in [3.05, 3.63) is 64.4 Å². The number of carbonyl (C=O) groups is 1. The molecule has 1 amide bonds. The van der Waals surface area contributed by atoms with Crippen LogP contribution in [-0.4, -0.2) is 24.4 Å². The Bertz CT molecular complexity index is 876. The Morgan fingerprint density at radius 1 is 1.34 bits per heavy atom. The molecule has 0 heterocycles. The number of nitrogens with one attached hydrogen (secondary N) is 1. The van der Waals surface area contributed by atoms with Gasteiger partial charge in [-0.3, -0.25) is 4.79 Å². The van der Waals surface area contributed by atoms with Gasteiger partial charge < -0.3 is 14.8 Å². The number of ether oxygens (including phenoxy) is 2. The minimum Gasteiger partial charge on any atom is -0.488 e. The first-order valence-electron chi connectivity index (χ1n) is 7.97. The van der Waals surface area contributed by atoms with E-state index >= 15 is 0 Å². The first-order chi connectivity index (χ1) is 13.4. The molecule has 0 fully saturated rings. The van der Waals surface area contributed by atoms with Crippen molar-refractivity contribution in [2.75, 3.05) is 6.61 Å². The van der Waals surface area contributed by atoms with Crippen molar-refractivity contribution in [2.45, 2.75) is 25.7 Å². The van der Waals surface area contributed by atoms with Crippen molar-refractivity contribution >= 4 is 29.1 Å². The summed E-state index contributed by atoms with van der Waals surface area (Å²) in [7, 11) is 0. The monoisotopic (exact) mass is 448 g/mol. The molecule has 0 aliphatic heterocycles. The van der Waals surface area contributed by atoms with Crippen LogP contribution < -0.4 is 10.1 Å². The van der Waals surface area contributed by atoms with Gasteiger partial charge in [-0.05, 0) is 38.1 Å². The Morgan fingerprint density at radius 2 is 2.00 bits per heavy atom. The van der Waals surface area contributed by atoms with Crippen LogP contribution in [0.15, 0.2) is 54.3 Å². The number of benzene rings is 1. The standard InChI is InChI=1S/C19H17Cl2F3N2O3/c1-4-13(6-5-12(2)29-19(22,23)24)17(27)26-18(3,10-25)11-28-16-9-14(20)7-8-15(16)21/h4-9H,1,11H2,2-3H3,(H,26,27)/b12-5+,13-6+. The van der Waals surface area contributed by atoms with Gasteiger partial charge in [-0.15, -0.1) is 13.2 Å². The highest BCUT2D eigenvalue weighted by Gasteiger charge is 2.31. The summed E-state index contributed by atoms with van der Waals surface area (Å²) < 4.78 is 45.7. The molecule has 1 atom stereocenters. The van der Waals surface area contributed by atoms with E-state index in [1.54, 1.807) is 6.07 Å². The number of rotatable bonds is 8. The Kier molecular flexibility index (Phi) is 8.61. The van der Waals surface area contributed by atoms with Gasteiger partial charge in [0.05, 0.1) is 11.1 Å². The molecule has 1 aromatic rings. The fourth-order valence-corrected chi connectivity index (χ4v) is 2.22. The molecule has 1 aromatic carbocycles. The lowest BCUT2D eigenvalue weighted by molar-refractivity contribution is -0.305. The molecule has 5 nitrogen and oxygen atoms in total. The third kappa shape index (κ3) is 8.50. The molecule has 0 spiro atoms. The van der Waals surface area contributed by atoms with Gasteiger partial charge in [0.25, 0.3) is 5.91 Å². The molecule has 0 aromatic heterocycles. The van der Waals surface area contributed by atoms with E-state index in [9.17, 15) is 23.2 Å². The summed E-state index contributed by atoms with van der Waals surface area (Å²) >= 11 is 11.9. The van der Waals surface area contributed by atoms with Crippen molar-refractivity contribution in [3.8, 4) is 11.8 Å². The zero-order chi connectivity index (χ0) is 22.2. The number of hydrogen-bond acceptors (Lipinski definition) is 4. The number of allylic oxidation sites excluding steroid dienone is 3. The van der Waals surface area contributed by atoms with E-state index in [4.69, 9.17) is 27.9 Å². The highest BCUT2D eigenvalue weighted by Crippen LogP contribution is 2.28. The summed E-state index contributed by atoms with van der Waals surface area (Å²) in [6, 6.07) is 6.42. The zero-order valence-electron chi connectivity index (χ0n) is 15.4. The van der Waals surface area contributed by atoms with Gasteiger partial charge in [0.1, 0.15) is 18.1 Å². The van der Waals surface area contributed by atoms with Gasteiger partial charge in [0, 0.05) is 16.7 Å². The molecule has 0 radical (unpaired) electrons. The maximum atomic E-state index is 12.4. The van der Waals surface area contributed by atoms with E-state index in [1.165, 1.54) is 19.1 Å². The number of nitriles is 1. The topological polar surface area (TPSA) is 71.3 Å². The average molecular weight is 449 g/mol. The highest BCUT2D eigenvalue weighted by atomic mass is 35.5. The lowest BCUT2D eigenvalue weighted by Gasteiger charge is -2.24. The molecule has 29 heavy (non-hydrogen) atoms. The number of carbonyl (C=O) groups excluding carboxylic acids is 1. The predicted octanol–water partition coefficient (Wildman–Crippen LogP) is 5.32. The third-order valence-corrected chi connectivity index (χ3v) is 3.85. The number of nitrogens with zero attached hydrogens (tertiary/aromatic N) is 1. The van der Waals surface area contributed by atoms with Crippen molar-refractivity contribution in [1.82, 2.24) is 5.32 Å². The molecule has 1 N–H and O–H groups in total. The van der Waals surface area contributed by atoms with Gasteiger partial charge in [0.2, 0.25) is 0 Å². The highest BCUT2D eigenvalue weighted by molar-refractivity contribution is 6.34. The lowest BCUT2D eigenvalue weighted by Crippen LogP contribution is -2.49. The second-order valence-electron chi connectivity index (χ2n) is 5.91. The van der Waals surface area contributed by atoms with Gasteiger partial charge in [-0.1, -0.05) is 35.9 Å². The van der Waals surface area contributed by atoms with Crippen LogP contribution in [0.2, 0.25) is 10.0 Å². The third-order valence-electron chi connectivity index (χ3n) is 3.30. The summed E-state index contributed by atoms with van der Waals surface area (Å²) in [6.45, 7) is 5.64. The van der Waals surface area contributed by atoms with E-state index in [0.717, 1.165) is 25.2 Å². The van der Waals surface area contributed by atoms with Crippen LogP contribution in [0, 0.1) is 11.3 Å². The van der Waals surface area contributed by atoms with Crippen LogP contribution in [0.4, 0.5) is 13.2 Å².